The Morgan fingerprint density at radius 2 is 0.931 bits per heavy atom. The fourth-order valence-electron chi connectivity index (χ4n) is 9.58. The Labute approximate surface area is 340 Å². The highest BCUT2D eigenvalue weighted by atomic mass is 15.1. The SMILES string of the molecule is CC1(C)c2ccccc2-c2c(-c3ccccc3N(c3ccc(-c4cc5ccccc5c5ccccc45)cc3)c3cccc(-c4ccc5ccccc5c4)c3)cccc21. The van der Waals surface area contributed by atoms with Crippen molar-refractivity contribution in [3.05, 3.63) is 223 Å². The van der Waals surface area contributed by atoms with E-state index in [9.17, 15) is 0 Å². The van der Waals surface area contributed by atoms with Crippen molar-refractivity contribution in [1.29, 1.82) is 0 Å². The molecule has 1 heteroatoms. The van der Waals surface area contributed by atoms with Gasteiger partial charge in [-0.2, -0.15) is 0 Å². The maximum absolute atomic E-state index is 2.45. The van der Waals surface area contributed by atoms with Crippen molar-refractivity contribution >= 4 is 49.4 Å². The van der Waals surface area contributed by atoms with Crippen molar-refractivity contribution in [3.63, 3.8) is 0 Å². The first kappa shape index (κ1) is 34.1. The molecule has 0 radical (unpaired) electrons. The van der Waals surface area contributed by atoms with Crippen LogP contribution >= 0.6 is 0 Å². The molecular weight excluding hydrogens is 699 g/mol. The molecule has 1 aliphatic carbocycles. The number of nitrogens with zero attached hydrogens (tertiary/aromatic N) is 1. The summed E-state index contributed by atoms with van der Waals surface area (Å²) in [7, 11) is 0. The van der Waals surface area contributed by atoms with Crippen LogP contribution in [-0.4, -0.2) is 0 Å². The maximum Gasteiger partial charge on any atom is 0.0540 e. The molecular formula is C57H41N. The topological polar surface area (TPSA) is 3.24 Å². The van der Waals surface area contributed by atoms with E-state index in [1.807, 2.05) is 0 Å². The summed E-state index contributed by atoms with van der Waals surface area (Å²) in [4.78, 5) is 2.45. The monoisotopic (exact) mass is 739 g/mol. The third kappa shape index (κ3) is 5.46. The Bertz CT molecular complexity index is 3200. The van der Waals surface area contributed by atoms with Crippen molar-refractivity contribution in [2.24, 2.45) is 0 Å². The molecule has 0 heterocycles. The van der Waals surface area contributed by atoms with Crippen LogP contribution in [0.5, 0.6) is 0 Å². The van der Waals surface area contributed by atoms with Crippen LogP contribution in [0.25, 0.3) is 76.8 Å². The summed E-state index contributed by atoms with van der Waals surface area (Å²) in [5, 5.41) is 7.57. The molecule has 0 bridgehead atoms. The van der Waals surface area contributed by atoms with Gasteiger partial charge in [-0.25, -0.2) is 0 Å². The lowest BCUT2D eigenvalue weighted by molar-refractivity contribution is 0.660. The third-order valence-corrected chi connectivity index (χ3v) is 12.4. The van der Waals surface area contributed by atoms with E-state index >= 15 is 0 Å². The van der Waals surface area contributed by atoms with Crippen LogP contribution in [0.1, 0.15) is 25.0 Å². The average molecular weight is 740 g/mol. The molecule has 10 aromatic rings. The van der Waals surface area contributed by atoms with Crippen LogP contribution in [0.15, 0.2) is 212 Å². The zero-order chi connectivity index (χ0) is 38.8. The van der Waals surface area contributed by atoms with E-state index in [1.54, 1.807) is 0 Å². The molecule has 0 amide bonds. The minimum Gasteiger partial charge on any atom is -0.310 e. The van der Waals surface area contributed by atoms with Gasteiger partial charge in [-0.3, -0.25) is 0 Å². The molecule has 1 aliphatic rings. The number of hydrogen-bond donors (Lipinski definition) is 0. The highest BCUT2D eigenvalue weighted by Crippen LogP contribution is 2.54. The minimum absolute atomic E-state index is 0.0898. The van der Waals surface area contributed by atoms with E-state index in [2.05, 4.69) is 231 Å². The largest absolute Gasteiger partial charge is 0.310 e. The van der Waals surface area contributed by atoms with E-state index in [0.717, 1.165) is 17.1 Å². The zero-order valence-corrected chi connectivity index (χ0v) is 32.7. The van der Waals surface area contributed by atoms with Crippen molar-refractivity contribution in [2.75, 3.05) is 4.90 Å². The van der Waals surface area contributed by atoms with Gasteiger partial charge < -0.3 is 4.90 Å². The van der Waals surface area contributed by atoms with E-state index in [1.165, 1.54) is 88.0 Å². The van der Waals surface area contributed by atoms with Gasteiger partial charge in [-0.05, 0) is 125 Å². The van der Waals surface area contributed by atoms with Crippen molar-refractivity contribution in [2.45, 2.75) is 19.3 Å². The lowest BCUT2D eigenvalue weighted by atomic mass is 9.82. The summed E-state index contributed by atoms with van der Waals surface area (Å²) >= 11 is 0. The molecule has 0 aliphatic heterocycles. The van der Waals surface area contributed by atoms with Gasteiger partial charge in [-0.15, -0.1) is 0 Å². The van der Waals surface area contributed by atoms with Gasteiger partial charge in [0.1, 0.15) is 0 Å². The second-order valence-corrected chi connectivity index (χ2v) is 16.1. The van der Waals surface area contributed by atoms with Gasteiger partial charge in [0.25, 0.3) is 0 Å². The predicted octanol–water partition coefficient (Wildman–Crippen LogP) is 15.9. The van der Waals surface area contributed by atoms with Gasteiger partial charge in [0.2, 0.25) is 0 Å². The van der Waals surface area contributed by atoms with Gasteiger partial charge in [0.15, 0.2) is 0 Å². The quantitative estimate of drug-likeness (QED) is 0.154. The third-order valence-electron chi connectivity index (χ3n) is 12.4. The van der Waals surface area contributed by atoms with Gasteiger partial charge in [0.05, 0.1) is 5.69 Å². The number of anilines is 3. The predicted molar refractivity (Wildman–Crippen MR) is 248 cm³/mol. The van der Waals surface area contributed by atoms with Crippen LogP contribution in [0.4, 0.5) is 17.1 Å². The first-order valence-corrected chi connectivity index (χ1v) is 20.3. The molecule has 0 N–H and O–H groups in total. The minimum atomic E-state index is -0.0898. The summed E-state index contributed by atoms with van der Waals surface area (Å²) in [5.74, 6) is 0. The van der Waals surface area contributed by atoms with Gasteiger partial charge in [-0.1, -0.05) is 184 Å². The molecule has 0 saturated carbocycles. The zero-order valence-electron chi connectivity index (χ0n) is 32.7. The van der Waals surface area contributed by atoms with Crippen molar-refractivity contribution in [1.82, 2.24) is 0 Å². The molecule has 0 saturated heterocycles. The van der Waals surface area contributed by atoms with Crippen molar-refractivity contribution in [3.8, 4) is 44.5 Å². The van der Waals surface area contributed by atoms with E-state index in [4.69, 9.17) is 0 Å². The standard InChI is InChI=1S/C57H41N/c1-57(2)53-26-11-9-24-51(53)56-50(25-14-27-54(56)57)49-23-10-12-28-55(49)58(45-19-13-18-41(36-45)42-30-29-38-15-3-4-16-40(38)35-42)44-33-31-39(32-34-44)52-37-43-17-5-6-20-46(43)47-21-7-8-22-48(47)52/h3-37H,1-2H3. The molecule has 11 rings (SSSR count). The van der Waals surface area contributed by atoms with Crippen molar-refractivity contribution < 1.29 is 0 Å². The lowest BCUT2D eigenvalue weighted by Gasteiger charge is -2.29. The van der Waals surface area contributed by atoms with Crippen LogP contribution in [-0.2, 0) is 5.41 Å². The Hall–Kier alpha value is -7.22. The second-order valence-electron chi connectivity index (χ2n) is 16.1. The number of rotatable bonds is 6. The first-order chi connectivity index (χ1) is 28.5. The number of hydrogen-bond acceptors (Lipinski definition) is 1. The maximum atomic E-state index is 2.45. The van der Waals surface area contributed by atoms with Crippen LogP contribution in [0, 0.1) is 0 Å². The molecule has 0 aromatic heterocycles. The fraction of sp³-hybridized carbons (Fsp3) is 0.0526. The van der Waals surface area contributed by atoms with Crippen LogP contribution < -0.4 is 4.90 Å². The second kappa shape index (κ2) is 13.5. The van der Waals surface area contributed by atoms with Gasteiger partial charge >= 0.3 is 0 Å². The molecule has 0 spiro atoms. The summed E-state index contributed by atoms with van der Waals surface area (Å²) in [6, 6.07) is 78.2. The van der Waals surface area contributed by atoms with Gasteiger partial charge in [0, 0.05) is 22.4 Å². The van der Waals surface area contributed by atoms with E-state index in [0.29, 0.717) is 0 Å². The summed E-state index contributed by atoms with van der Waals surface area (Å²) < 4.78 is 0. The highest BCUT2D eigenvalue weighted by Gasteiger charge is 2.37. The molecule has 58 heavy (non-hydrogen) atoms. The van der Waals surface area contributed by atoms with Crippen LogP contribution in [0.2, 0.25) is 0 Å². The molecule has 0 fully saturated rings. The highest BCUT2D eigenvalue weighted by molar-refractivity contribution is 6.14. The summed E-state index contributed by atoms with van der Waals surface area (Å²) in [6.07, 6.45) is 0. The molecule has 0 atom stereocenters. The molecule has 274 valence electrons. The number of fused-ring (bicyclic) bond motifs is 7. The Morgan fingerprint density at radius 3 is 1.78 bits per heavy atom. The molecule has 10 aromatic carbocycles. The fourth-order valence-corrected chi connectivity index (χ4v) is 9.58. The molecule has 1 nitrogen and oxygen atoms in total. The number of para-hydroxylation sites is 1. The van der Waals surface area contributed by atoms with E-state index in [-0.39, 0.29) is 5.41 Å². The van der Waals surface area contributed by atoms with E-state index < -0.39 is 0 Å². The number of benzene rings is 10. The smallest absolute Gasteiger partial charge is 0.0540 e. The average Bonchev–Trinajstić information content (AvgIpc) is 3.52. The summed E-state index contributed by atoms with van der Waals surface area (Å²) in [5.41, 5.74) is 15.9. The Balaban J connectivity index is 1.11. The Morgan fingerprint density at radius 1 is 0.328 bits per heavy atom. The lowest BCUT2D eigenvalue weighted by Crippen LogP contribution is -2.14. The summed E-state index contributed by atoms with van der Waals surface area (Å²) in [6.45, 7) is 4.72. The Kier molecular flexibility index (Phi) is 7.91. The van der Waals surface area contributed by atoms with Crippen LogP contribution in [0.3, 0.4) is 0 Å². The molecule has 0 unspecified atom stereocenters. The first-order valence-electron chi connectivity index (χ1n) is 20.3. The normalized spacial score (nSPS) is 12.8.